The van der Waals surface area contributed by atoms with Gasteiger partial charge in [0.25, 0.3) is 0 Å². The normalized spacial score (nSPS) is 18.0. The van der Waals surface area contributed by atoms with Gasteiger partial charge in [0.1, 0.15) is 18.1 Å². The number of aryl methyl sites for hydroxylation is 1. The van der Waals surface area contributed by atoms with Crippen molar-refractivity contribution in [2.75, 3.05) is 19.7 Å². The lowest BCUT2D eigenvalue weighted by Gasteiger charge is -2.31. The average molecular weight is 357 g/mol. The first-order chi connectivity index (χ1) is 12.2. The lowest BCUT2D eigenvalue weighted by Crippen LogP contribution is -2.38. The van der Waals surface area contributed by atoms with E-state index in [-0.39, 0.29) is 5.41 Å². The van der Waals surface area contributed by atoms with Crippen molar-refractivity contribution in [3.8, 4) is 11.5 Å². The van der Waals surface area contributed by atoms with Gasteiger partial charge in [-0.2, -0.15) is 0 Å². The third-order valence-electron chi connectivity index (χ3n) is 5.44. The van der Waals surface area contributed by atoms with Crippen LogP contribution >= 0.6 is 11.6 Å². The molecule has 0 atom stereocenters. The van der Waals surface area contributed by atoms with Crippen LogP contribution in [0.1, 0.15) is 36.5 Å². The fourth-order valence-corrected chi connectivity index (χ4v) is 3.97. The van der Waals surface area contributed by atoms with E-state index in [4.69, 9.17) is 21.1 Å². The van der Waals surface area contributed by atoms with Crippen molar-refractivity contribution < 1.29 is 9.47 Å². The molecular weight excluding hydrogens is 334 g/mol. The Hall–Kier alpha value is -1.71. The van der Waals surface area contributed by atoms with Gasteiger partial charge in [0.2, 0.25) is 0 Å². The van der Waals surface area contributed by atoms with E-state index in [9.17, 15) is 0 Å². The first-order valence-electron chi connectivity index (χ1n) is 9.01. The van der Waals surface area contributed by atoms with Gasteiger partial charge in [-0.3, -0.25) is 0 Å². The van der Waals surface area contributed by atoms with E-state index in [1.165, 1.54) is 11.1 Å². The van der Waals surface area contributed by atoms with Crippen LogP contribution in [0.3, 0.4) is 0 Å². The summed E-state index contributed by atoms with van der Waals surface area (Å²) in [4.78, 5) is 0. The molecular formula is C21H23ClNO2. The van der Waals surface area contributed by atoms with Crippen molar-refractivity contribution in [1.82, 2.24) is 5.32 Å². The van der Waals surface area contributed by atoms with Gasteiger partial charge in [-0.1, -0.05) is 36.7 Å². The third-order valence-corrected chi connectivity index (χ3v) is 5.81. The summed E-state index contributed by atoms with van der Waals surface area (Å²) in [6, 6.07) is 12.4. The Kier molecular flexibility index (Phi) is 4.61. The molecule has 2 heterocycles. The molecule has 131 valence electrons. The lowest BCUT2D eigenvalue weighted by molar-refractivity contribution is 0.218. The highest BCUT2D eigenvalue weighted by atomic mass is 35.5. The number of hydrogen-bond donors (Lipinski definition) is 0. The van der Waals surface area contributed by atoms with Crippen molar-refractivity contribution in [3.63, 3.8) is 0 Å². The predicted octanol–water partition coefficient (Wildman–Crippen LogP) is 4.51. The second-order valence-electron chi connectivity index (χ2n) is 6.97. The maximum absolute atomic E-state index is 6.30. The van der Waals surface area contributed by atoms with Crippen molar-refractivity contribution >= 4 is 11.6 Å². The van der Waals surface area contributed by atoms with Crippen LogP contribution in [0, 0.1) is 0 Å². The average Bonchev–Trinajstić information content (AvgIpc) is 2.99. The highest BCUT2D eigenvalue weighted by Crippen LogP contribution is 2.45. The van der Waals surface area contributed by atoms with Gasteiger partial charge in [-0.25, -0.2) is 5.32 Å². The van der Waals surface area contributed by atoms with Crippen molar-refractivity contribution in [3.05, 3.63) is 58.1 Å². The molecule has 2 aliphatic rings. The highest BCUT2D eigenvalue weighted by Gasteiger charge is 2.41. The van der Waals surface area contributed by atoms with Crippen LogP contribution in [0.15, 0.2) is 36.4 Å². The summed E-state index contributed by atoms with van der Waals surface area (Å²) in [7, 11) is 0. The predicted molar refractivity (Wildman–Crippen MR) is 99.9 cm³/mol. The van der Waals surface area contributed by atoms with Gasteiger partial charge in [0.05, 0.1) is 6.61 Å². The molecule has 4 heteroatoms. The monoisotopic (exact) mass is 356 g/mol. The zero-order chi connectivity index (χ0) is 17.3. The highest BCUT2D eigenvalue weighted by molar-refractivity contribution is 6.31. The standard InChI is InChI=1S/C21H23ClNO2/c1-2-15-3-6-19(22)16(11-15)13-24-17-4-5-18-20(12-17)25-14-21(18)7-9-23-10-8-21/h3-6,11-12H,2,7-10,13-14H2,1H3. The Labute approximate surface area is 154 Å². The second kappa shape index (κ2) is 6.89. The minimum absolute atomic E-state index is 0.161. The molecule has 2 aromatic carbocycles. The van der Waals surface area contributed by atoms with E-state index in [2.05, 4.69) is 36.5 Å². The van der Waals surface area contributed by atoms with Crippen LogP contribution in [0.2, 0.25) is 5.02 Å². The molecule has 4 rings (SSSR count). The molecule has 0 saturated carbocycles. The van der Waals surface area contributed by atoms with E-state index >= 15 is 0 Å². The Morgan fingerprint density at radius 1 is 1.16 bits per heavy atom. The Bertz CT molecular complexity index is 768. The first kappa shape index (κ1) is 16.7. The fourth-order valence-electron chi connectivity index (χ4n) is 3.80. The van der Waals surface area contributed by atoms with E-state index in [1.54, 1.807) is 0 Å². The maximum Gasteiger partial charge on any atom is 0.126 e. The van der Waals surface area contributed by atoms with Crippen LogP contribution in [-0.4, -0.2) is 19.7 Å². The Morgan fingerprint density at radius 3 is 2.80 bits per heavy atom. The van der Waals surface area contributed by atoms with Gasteiger partial charge < -0.3 is 9.47 Å². The van der Waals surface area contributed by atoms with Gasteiger partial charge >= 0.3 is 0 Å². The van der Waals surface area contributed by atoms with E-state index < -0.39 is 0 Å². The topological polar surface area (TPSA) is 32.6 Å². The molecule has 2 aliphatic heterocycles. The van der Waals surface area contributed by atoms with E-state index in [0.717, 1.165) is 61.0 Å². The second-order valence-corrected chi connectivity index (χ2v) is 7.37. The van der Waals surface area contributed by atoms with Gasteiger partial charge in [-0.15, -0.1) is 0 Å². The quantitative estimate of drug-likeness (QED) is 0.807. The first-order valence-corrected chi connectivity index (χ1v) is 9.39. The summed E-state index contributed by atoms with van der Waals surface area (Å²) in [5.74, 6) is 1.79. The zero-order valence-electron chi connectivity index (χ0n) is 14.6. The van der Waals surface area contributed by atoms with Gasteiger partial charge in [0, 0.05) is 40.7 Å². The molecule has 0 aromatic heterocycles. The number of benzene rings is 2. The molecule has 0 unspecified atom stereocenters. The molecule has 0 bridgehead atoms. The molecule has 25 heavy (non-hydrogen) atoms. The molecule has 1 saturated heterocycles. The summed E-state index contributed by atoms with van der Waals surface area (Å²) in [6.45, 7) is 5.25. The molecule has 2 aromatic rings. The molecule has 3 nitrogen and oxygen atoms in total. The number of piperidine rings is 1. The number of hydrogen-bond acceptors (Lipinski definition) is 2. The van der Waals surface area contributed by atoms with Crippen molar-refractivity contribution in [2.45, 2.75) is 38.2 Å². The lowest BCUT2D eigenvalue weighted by atomic mass is 9.75. The minimum atomic E-state index is 0.161. The molecule has 1 radical (unpaired) electrons. The van der Waals surface area contributed by atoms with Crippen LogP contribution < -0.4 is 14.8 Å². The van der Waals surface area contributed by atoms with E-state index in [1.807, 2.05) is 12.1 Å². The van der Waals surface area contributed by atoms with Crippen LogP contribution in [0.5, 0.6) is 11.5 Å². The van der Waals surface area contributed by atoms with Crippen LogP contribution in [0.25, 0.3) is 0 Å². The Balaban J connectivity index is 1.50. The zero-order valence-corrected chi connectivity index (χ0v) is 15.3. The minimum Gasteiger partial charge on any atom is -0.492 e. The molecule has 1 fully saturated rings. The number of fused-ring (bicyclic) bond motifs is 2. The molecule has 0 N–H and O–H groups in total. The Morgan fingerprint density at radius 2 is 2.00 bits per heavy atom. The smallest absolute Gasteiger partial charge is 0.126 e. The van der Waals surface area contributed by atoms with Crippen LogP contribution in [-0.2, 0) is 18.4 Å². The largest absolute Gasteiger partial charge is 0.492 e. The summed E-state index contributed by atoms with van der Waals surface area (Å²) in [5.41, 5.74) is 3.77. The fraction of sp³-hybridized carbons (Fsp3) is 0.429. The molecule has 1 spiro atoms. The summed E-state index contributed by atoms with van der Waals surface area (Å²) in [6.07, 6.45) is 3.16. The molecule has 0 amide bonds. The molecule has 0 aliphatic carbocycles. The number of nitrogens with zero attached hydrogens (tertiary/aromatic N) is 1. The number of halogens is 1. The number of ether oxygens (including phenoxy) is 2. The number of rotatable bonds is 4. The summed E-state index contributed by atoms with van der Waals surface area (Å²) < 4.78 is 12.0. The third kappa shape index (κ3) is 3.23. The summed E-state index contributed by atoms with van der Waals surface area (Å²) >= 11 is 6.30. The van der Waals surface area contributed by atoms with Gasteiger partial charge in [-0.05, 0) is 37.0 Å². The van der Waals surface area contributed by atoms with Crippen molar-refractivity contribution in [2.24, 2.45) is 0 Å². The van der Waals surface area contributed by atoms with Crippen molar-refractivity contribution in [1.29, 1.82) is 0 Å². The summed E-state index contributed by atoms with van der Waals surface area (Å²) in [5, 5.41) is 5.23. The SMILES string of the molecule is CCc1ccc(Cl)c(COc2ccc3c(c2)OCC32CC[N]CC2)c1. The van der Waals surface area contributed by atoms with E-state index in [0.29, 0.717) is 6.61 Å². The van der Waals surface area contributed by atoms with Crippen LogP contribution in [0.4, 0.5) is 0 Å². The van der Waals surface area contributed by atoms with Gasteiger partial charge in [0.15, 0.2) is 0 Å². The maximum atomic E-state index is 6.30.